The average Bonchev–Trinajstić information content (AvgIpc) is 3.31. The molecule has 0 spiro atoms. The number of aromatic nitrogens is 1. The van der Waals surface area contributed by atoms with Crippen molar-refractivity contribution in [3.8, 4) is 11.3 Å². The van der Waals surface area contributed by atoms with Crippen LogP contribution in [0, 0.1) is 5.82 Å². The van der Waals surface area contributed by atoms with E-state index in [-0.39, 0.29) is 24.1 Å². The molecule has 1 aromatic heterocycles. The molecule has 0 aliphatic carbocycles. The van der Waals surface area contributed by atoms with Crippen LogP contribution in [0.4, 0.5) is 4.39 Å². The van der Waals surface area contributed by atoms with E-state index in [9.17, 15) is 14.0 Å². The van der Waals surface area contributed by atoms with E-state index >= 15 is 0 Å². The Labute approximate surface area is 185 Å². The van der Waals surface area contributed by atoms with Gasteiger partial charge in [0.2, 0.25) is 5.91 Å². The summed E-state index contributed by atoms with van der Waals surface area (Å²) >= 11 is 0. The third-order valence-corrected chi connectivity index (χ3v) is 5.25. The van der Waals surface area contributed by atoms with Crippen LogP contribution in [0.15, 0.2) is 59.1 Å². The second-order valence-corrected chi connectivity index (χ2v) is 7.48. The smallest absolute Gasteiger partial charge is 0.254 e. The van der Waals surface area contributed by atoms with Gasteiger partial charge in [-0.05, 0) is 29.8 Å². The van der Waals surface area contributed by atoms with Gasteiger partial charge in [-0.3, -0.25) is 9.59 Å². The number of hydrogen-bond acceptors (Lipinski definition) is 5. The van der Waals surface area contributed by atoms with E-state index in [1.807, 2.05) is 12.1 Å². The topological polar surface area (TPSA) is 84.7 Å². The fourth-order valence-corrected chi connectivity index (χ4v) is 3.44. The molecule has 8 heteroatoms. The number of rotatable bonds is 7. The summed E-state index contributed by atoms with van der Waals surface area (Å²) in [6.07, 6.45) is 1.98. The van der Waals surface area contributed by atoms with Crippen LogP contribution in [-0.4, -0.2) is 48.0 Å². The lowest BCUT2D eigenvalue weighted by molar-refractivity contribution is -0.121. The predicted octanol–water partition coefficient (Wildman–Crippen LogP) is 3.20. The molecule has 0 bridgehead atoms. The van der Waals surface area contributed by atoms with Gasteiger partial charge in [0.05, 0.1) is 25.0 Å². The van der Waals surface area contributed by atoms with Crippen molar-refractivity contribution in [3.63, 3.8) is 0 Å². The van der Waals surface area contributed by atoms with Crippen LogP contribution < -0.4 is 5.32 Å². The highest BCUT2D eigenvalue weighted by Crippen LogP contribution is 2.23. The van der Waals surface area contributed by atoms with Crippen molar-refractivity contribution >= 4 is 11.8 Å². The van der Waals surface area contributed by atoms with Gasteiger partial charge >= 0.3 is 0 Å². The molecule has 3 aromatic rings. The van der Waals surface area contributed by atoms with Crippen LogP contribution in [0.2, 0.25) is 0 Å². The van der Waals surface area contributed by atoms with Gasteiger partial charge in [0.1, 0.15) is 5.82 Å². The number of aryl methyl sites for hydroxylation is 1. The quantitative estimate of drug-likeness (QED) is 0.614. The molecule has 1 saturated heterocycles. The summed E-state index contributed by atoms with van der Waals surface area (Å²) < 4.78 is 24.7. The van der Waals surface area contributed by atoms with E-state index in [4.69, 9.17) is 9.15 Å². The molecule has 0 atom stereocenters. The number of hydrogen-bond donors (Lipinski definition) is 1. The number of amides is 2. The molecule has 0 saturated carbocycles. The fraction of sp³-hybridized carbons (Fsp3) is 0.292. The molecule has 2 amide bonds. The van der Waals surface area contributed by atoms with E-state index in [0.29, 0.717) is 62.0 Å². The lowest BCUT2D eigenvalue weighted by Gasteiger charge is -2.26. The highest BCUT2D eigenvalue weighted by Gasteiger charge is 2.18. The lowest BCUT2D eigenvalue weighted by atomic mass is 10.1. The Balaban J connectivity index is 1.24. The summed E-state index contributed by atoms with van der Waals surface area (Å²) in [6, 6.07) is 13.5. The lowest BCUT2D eigenvalue weighted by Crippen LogP contribution is -2.40. The summed E-state index contributed by atoms with van der Waals surface area (Å²) in [5.41, 5.74) is 1.86. The zero-order valence-electron chi connectivity index (χ0n) is 17.6. The highest BCUT2D eigenvalue weighted by atomic mass is 19.1. The Hall–Kier alpha value is -3.52. The molecular formula is C24H24FN3O4. The second kappa shape index (κ2) is 10.2. The van der Waals surface area contributed by atoms with Gasteiger partial charge < -0.3 is 19.4 Å². The van der Waals surface area contributed by atoms with E-state index < -0.39 is 0 Å². The van der Waals surface area contributed by atoms with Gasteiger partial charge in [-0.2, -0.15) is 0 Å². The van der Waals surface area contributed by atoms with Crippen LogP contribution in [0.5, 0.6) is 0 Å². The van der Waals surface area contributed by atoms with Crippen molar-refractivity contribution in [1.29, 1.82) is 0 Å². The SMILES string of the molecule is O=C(CCc1ncc(-c2ccccc2F)o1)NCc1ccc(C(=O)N2CCOCC2)cc1. The minimum atomic E-state index is -0.384. The highest BCUT2D eigenvalue weighted by molar-refractivity contribution is 5.94. The van der Waals surface area contributed by atoms with Gasteiger partial charge in [0, 0.05) is 38.0 Å². The predicted molar refractivity (Wildman–Crippen MR) is 115 cm³/mol. The number of ether oxygens (including phenoxy) is 1. The minimum absolute atomic E-state index is 0.00964. The first kappa shape index (κ1) is 21.7. The number of carbonyl (C=O) groups is 2. The Morgan fingerprint density at radius 3 is 2.56 bits per heavy atom. The number of nitrogens with zero attached hydrogens (tertiary/aromatic N) is 2. The Bertz CT molecular complexity index is 1070. The molecule has 1 fully saturated rings. The van der Waals surface area contributed by atoms with E-state index in [1.54, 1.807) is 35.2 Å². The molecule has 166 valence electrons. The van der Waals surface area contributed by atoms with Gasteiger partial charge in [0.15, 0.2) is 11.7 Å². The monoisotopic (exact) mass is 437 g/mol. The van der Waals surface area contributed by atoms with Crippen LogP contribution in [0.3, 0.4) is 0 Å². The average molecular weight is 437 g/mol. The van der Waals surface area contributed by atoms with Crippen molar-refractivity contribution in [2.24, 2.45) is 0 Å². The van der Waals surface area contributed by atoms with Crippen molar-refractivity contribution in [2.45, 2.75) is 19.4 Å². The molecule has 1 N–H and O–H groups in total. The third-order valence-electron chi connectivity index (χ3n) is 5.25. The zero-order valence-corrected chi connectivity index (χ0v) is 17.6. The molecule has 7 nitrogen and oxygen atoms in total. The molecular weight excluding hydrogens is 413 g/mol. The van der Waals surface area contributed by atoms with Crippen LogP contribution in [0.25, 0.3) is 11.3 Å². The zero-order chi connectivity index (χ0) is 22.3. The van der Waals surface area contributed by atoms with E-state index in [0.717, 1.165) is 5.56 Å². The Morgan fingerprint density at radius 2 is 1.81 bits per heavy atom. The first-order chi connectivity index (χ1) is 15.6. The number of morpholine rings is 1. The minimum Gasteiger partial charge on any atom is -0.441 e. The van der Waals surface area contributed by atoms with Gasteiger partial charge in [-0.15, -0.1) is 0 Å². The number of oxazole rings is 1. The van der Waals surface area contributed by atoms with Crippen molar-refractivity contribution < 1.29 is 23.1 Å². The Morgan fingerprint density at radius 1 is 1.06 bits per heavy atom. The van der Waals surface area contributed by atoms with Gasteiger partial charge in [0.25, 0.3) is 5.91 Å². The van der Waals surface area contributed by atoms with Gasteiger partial charge in [-0.25, -0.2) is 9.37 Å². The molecule has 0 unspecified atom stereocenters. The molecule has 0 radical (unpaired) electrons. The van der Waals surface area contributed by atoms with Crippen LogP contribution >= 0.6 is 0 Å². The first-order valence-corrected chi connectivity index (χ1v) is 10.5. The normalized spacial score (nSPS) is 13.7. The van der Waals surface area contributed by atoms with Crippen LogP contribution in [-0.2, 0) is 22.5 Å². The van der Waals surface area contributed by atoms with Crippen LogP contribution in [0.1, 0.15) is 28.2 Å². The summed E-state index contributed by atoms with van der Waals surface area (Å²) in [4.78, 5) is 30.6. The van der Waals surface area contributed by atoms with Crippen molar-refractivity contribution in [2.75, 3.05) is 26.3 Å². The molecule has 32 heavy (non-hydrogen) atoms. The number of benzene rings is 2. The third kappa shape index (κ3) is 5.39. The maximum Gasteiger partial charge on any atom is 0.254 e. The molecule has 1 aliphatic rings. The van der Waals surface area contributed by atoms with Gasteiger partial charge in [-0.1, -0.05) is 24.3 Å². The summed E-state index contributed by atoms with van der Waals surface area (Å²) in [6.45, 7) is 2.69. The van der Waals surface area contributed by atoms with Crippen molar-refractivity contribution in [3.05, 3.63) is 77.6 Å². The fourth-order valence-electron chi connectivity index (χ4n) is 3.44. The standard InChI is InChI=1S/C24H24FN3O4/c25-20-4-2-1-3-19(20)21-16-27-23(32-21)10-9-22(29)26-15-17-5-7-18(8-6-17)24(30)28-11-13-31-14-12-28/h1-8,16H,9-15H2,(H,26,29). The van der Waals surface area contributed by atoms with Crippen molar-refractivity contribution in [1.82, 2.24) is 15.2 Å². The van der Waals surface area contributed by atoms with E-state index in [2.05, 4.69) is 10.3 Å². The Kier molecular flexibility index (Phi) is 6.91. The molecule has 4 rings (SSSR count). The van der Waals surface area contributed by atoms with E-state index in [1.165, 1.54) is 12.3 Å². The number of carbonyl (C=O) groups excluding carboxylic acids is 2. The molecule has 2 heterocycles. The summed E-state index contributed by atoms with van der Waals surface area (Å²) in [5.74, 6) is 0.175. The second-order valence-electron chi connectivity index (χ2n) is 7.48. The molecule has 2 aromatic carbocycles. The number of nitrogens with one attached hydrogen (secondary N) is 1. The summed E-state index contributed by atoms with van der Waals surface area (Å²) in [5, 5.41) is 2.85. The first-order valence-electron chi connectivity index (χ1n) is 10.5. The molecule has 1 aliphatic heterocycles. The largest absolute Gasteiger partial charge is 0.441 e. The number of halogens is 1. The summed E-state index contributed by atoms with van der Waals surface area (Å²) in [7, 11) is 0. The maximum atomic E-state index is 13.8. The maximum absolute atomic E-state index is 13.8.